The third kappa shape index (κ3) is 4.06. The highest BCUT2D eigenvalue weighted by molar-refractivity contribution is 6.33. The first-order valence-electron chi connectivity index (χ1n) is 9.82. The second-order valence-electron chi connectivity index (χ2n) is 8.17. The number of benzene rings is 1. The molecule has 1 aliphatic carbocycles. The lowest BCUT2D eigenvalue weighted by molar-refractivity contribution is 0.101. The molecule has 2 aromatic rings. The van der Waals surface area contributed by atoms with Crippen molar-refractivity contribution >= 4 is 35.0 Å². The summed E-state index contributed by atoms with van der Waals surface area (Å²) in [5, 5.41) is 5.09. The zero-order valence-electron chi connectivity index (χ0n) is 16.5. The van der Waals surface area contributed by atoms with Crippen LogP contribution in [0.15, 0.2) is 30.5 Å². The van der Waals surface area contributed by atoms with E-state index < -0.39 is 0 Å². The maximum Gasteiger partial charge on any atom is 0.344 e. The lowest BCUT2D eigenvalue weighted by Crippen LogP contribution is -2.36. The number of amides is 1. The molecule has 1 amide bonds. The second kappa shape index (κ2) is 8.09. The monoisotopic (exact) mass is 434 g/mol. The molecular formula is C21H24Cl2N4O2. The van der Waals surface area contributed by atoms with Crippen LogP contribution in [0, 0.1) is 11.8 Å². The molecule has 0 unspecified atom stereocenters. The van der Waals surface area contributed by atoms with E-state index in [-0.39, 0.29) is 22.5 Å². The van der Waals surface area contributed by atoms with Crippen LogP contribution in [-0.2, 0) is 6.54 Å². The molecule has 2 fully saturated rings. The summed E-state index contributed by atoms with van der Waals surface area (Å²) in [6.45, 7) is 3.65. The topological polar surface area (TPSA) is 58.4 Å². The van der Waals surface area contributed by atoms with Gasteiger partial charge in [0.15, 0.2) is 5.78 Å². The molecule has 4 rings (SSSR count). The summed E-state index contributed by atoms with van der Waals surface area (Å²) < 4.78 is 1.20. The highest BCUT2D eigenvalue weighted by Crippen LogP contribution is 2.40. The predicted molar refractivity (Wildman–Crippen MR) is 113 cm³/mol. The highest BCUT2D eigenvalue weighted by atomic mass is 35.5. The number of carbonyl (C=O) groups is 2. The fraction of sp³-hybridized carbons (Fsp3) is 0.476. The number of hydrogen-bond donors (Lipinski definition) is 0. The van der Waals surface area contributed by atoms with Gasteiger partial charge in [-0.3, -0.25) is 9.69 Å². The predicted octanol–water partition coefficient (Wildman–Crippen LogP) is 4.20. The lowest BCUT2D eigenvalue weighted by atomic mass is 10.0. The summed E-state index contributed by atoms with van der Waals surface area (Å²) in [5.41, 5.74) is 1.28. The molecule has 1 aliphatic heterocycles. The summed E-state index contributed by atoms with van der Waals surface area (Å²) in [5.74, 6) is 0.719. The minimum Gasteiger partial charge on any atom is -0.322 e. The molecular weight excluding hydrogens is 411 g/mol. The van der Waals surface area contributed by atoms with Crippen molar-refractivity contribution in [2.75, 3.05) is 20.1 Å². The minimum absolute atomic E-state index is 0.140. The Morgan fingerprint density at radius 2 is 1.79 bits per heavy atom. The highest BCUT2D eigenvalue weighted by Gasteiger charge is 2.43. The third-order valence-electron chi connectivity index (χ3n) is 6.20. The molecule has 1 aromatic carbocycles. The van der Waals surface area contributed by atoms with Gasteiger partial charge >= 0.3 is 6.03 Å². The number of rotatable bonds is 4. The zero-order valence-corrected chi connectivity index (χ0v) is 18.0. The van der Waals surface area contributed by atoms with Gasteiger partial charge in [-0.2, -0.15) is 9.78 Å². The van der Waals surface area contributed by atoms with Gasteiger partial charge in [0.25, 0.3) is 0 Å². The van der Waals surface area contributed by atoms with E-state index in [9.17, 15) is 9.59 Å². The Bertz CT molecular complexity index is 931. The number of hydrogen-bond acceptors (Lipinski definition) is 4. The Labute approximate surface area is 180 Å². The van der Waals surface area contributed by atoms with Crippen molar-refractivity contribution in [1.82, 2.24) is 19.6 Å². The normalized spacial score (nSPS) is 23.6. The number of nitrogens with zero attached hydrogens (tertiary/aromatic N) is 4. The summed E-state index contributed by atoms with van der Waals surface area (Å²) in [4.78, 5) is 28.5. The molecule has 0 N–H and O–H groups in total. The first-order chi connectivity index (χ1) is 13.8. The Morgan fingerprint density at radius 3 is 2.38 bits per heavy atom. The van der Waals surface area contributed by atoms with Crippen LogP contribution in [0.2, 0.25) is 10.0 Å². The molecule has 1 aromatic heterocycles. The average molecular weight is 435 g/mol. The largest absolute Gasteiger partial charge is 0.344 e. The van der Waals surface area contributed by atoms with E-state index in [1.54, 1.807) is 0 Å². The molecule has 3 atom stereocenters. The van der Waals surface area contributed by atoms with E-state index in [4.69, 9.17) is 23.2 Å². The molecule has 0 radical (unpaired) electrons. The first-order valence-corrected chi connectivity index (χ1v) is 10.6. The van der Waals surface area contributed by atoms with Gasteiger partial charge in [0.2, 0.25) is 0 Å². The maximum atomic E-state index is 12.8. The Hall–Kier alpha value is -1.89. The Balaban J connectivity index is 1.36. The molecule has 0 bridgehead atoms. The van der Waals surface area contributed by atoms with Gasteiger partial charge in [-0.05, 0) is 43.4 Å². The van der Waals surface area contributed by atoms with Gasteiger partial charge < -0.3 is 4.90 Å². The van der Waals surface area contributed by atoms with Gasteiger partial charge in [0.05, 0.1) is 11.2 Å². The summed E-state index contributed by atoms with van der Waals surface area (Å²) in [6.07, 6.45) is 3.55. The Morgan fingerprint density at radius 1 is 1.14 bits per heavy atom. The first kappa shape index (κ1) is 20.4. The van der Waals surface area contributed by atoms with Crippen LogP contribution in [-0.4, -0.2) is 57.6 Å². The van der Waals surface area contributed by atoms with E-state index in [1.807, 2.05) is 23.1 Å². The molecule has 1 saturated heterocycles. The molecule has 154 valence electrons. The SMILES string of the molecule is CC(=O)c1nn(C(=O)N2C[C@H]3C[C@H](N(C)Cc4ccccc4Cl)C[C@H]3C2)cc1Cl. The van der Waals surface area contributed by atoms with Gasteiger partial charge in [0, 0.05) is 37.6 Å². The van der Waals surface area contributed by atoms with Crippen LogP contribution in [0.25, 0.3) is 0 Å². The summed E-state index contributed by atoms with van der Waals surface area (Å²) in [6, 6.07) is 8.23. The lowest BCUT2D eigenvalue weighted by Gasteiger charge is -2.26. The van der Waals surface area contributed by atoms with Gasteiger partial charge in [0.1, 0.15) is 5.69 Å². The van der Waals surface area contributed by atoms with E-state index >= 15 is 0 Å². The van der Waals surface area contributed by atoms with Crippen LogP contribution >= 0.6 is 23.2 Å². The standard InChI is InChI=1S/C21H24Cl2N4O2/c1-13(28)20-19(23)12-27(24-20)21(29)26-10-15-7-17(8-16(15)11-26)25(2)9-14-5-3-4-6-18(14)22/h3-6,12,15-17H,7-11H2,1-2H3/t15-,16+,17+. The molecule has 6 nitrogen and oxygen atoms in total. The van der Waals surface area contributed by atoms with Crippen molar-refractivity contribution < 1.29 is 9.59 Å². The fourth-order valence-electron chi connectivity index (χ4n) is 4.64. The quantitative estimate of drug-likeness (QED) is 0.676. The van der Waals surface area contributed by atoms with Crippen LogP contribution in [0.4, 0.5) is 4.79 Å². The van der Waals surface area contributed by atoms with Crippen molar-refractivity contribution in [3.05, 3.63) is 51.8 Å². The molecule has 2 aliphatic rings. The molecule has 29 heavy (non-hydrogen) atoms. The van der Waals surface area contributed by atoms with Crippen molar-refractivity contribution in [2.45, 2.75) is 32.4 Å². The number of likely N-dealkylation sites (tertiary alicyclic amines) is 1. The average Bonchev–Trinajstić information content (AvgIpc) is 3.35. The van der Waals surface area contributed by atoms with Crippen LogP contribution in [0.3, 0.4) is 0 Å². The van der Waals surface area contributed by atoms with Crippen molar-refractivity contribution in [2.24, 2.45) is 11.8 Å². The van der Waals surface area contributed by atoms with Crippen LogP contribution in [0.1, 0.15) is 35.8 Å². The fourth-order valence-corrected chi connectivity index (χ4v) is 5.10. The Kier molecular flexibility index (Phi) is 5.69. The molecule has 0 spiro atoms. The van der Waals surface area contributed by atoms with E-state index in [1.165, 1.54) is 17.8 Å². The molecule has 2 heterocycles. The van der Waals surface area contributed by atoms with E-state index in [2.05, 4.69) is 23.1 Å². The molecule has 1 saturated carbocycles. The molecule has 8 heteroatoms. The number of aromatic nitrogens is 2. The third-order valence-corrected chi connectivity index (χ3v) is 6.84. The van der Waals surface area contributed by atoms with E-state index in [0.29, 0.717) is 31.0 Å². The van der Waals surface area contributed by atoms with E-state index in [0.717, 1.165) is 30.0 Å². The second-order valence-corrected chi connectivity index (χ2v) is 8.98. The van der Waals surface area contributed by atoms with Gasteiger partial charge in [-0.25, -0.2) is 4.79 Å². The zero-order chi connectivity index (χ0) is 20.7. The van der Waals surface area contributed by atoms with Crippen LogP contribution in [0.5, 0.6) is 0 Å². The minimum atomic E-state index is -0.246. The van der Waals surface area contributed by atoms with Crippen molar-refractivity contribution in [3.8, 4) is 0 Å². The number of carbonyl (C=O) groups excluding carboxylic acids is 2. The van der Waals surface area contributed by atoms with Crippen molar-refractivity contribution in [3.63, 3.8) is 0 Å². The number of Topliss-reactive ketones (excluding diaryl/α,β-unsaturated/α-hetero) is 1. The number of fused-ring (bicyclic) bond motifs is 1. The summed E-state index contributed by atoms with van der Waals surface area (Å²) >= 11 is 12.3. The van der Waals surface area contributed by atoms with Crippen molar-refractivity contribution in [1.29, 1.82) is 0 Å². The summed E-state index contributed by atoms with van der Waals surface area (Å²) in [7, 11) is 2.15. The van der Waals surface area contributed by atoms with Crippen LogP contribution < -0.4 is 0 Å². The van der Waals surface area contributed by atoms with Gasteiger partial charge in [-0.1, -0.05) is 41.4 Å². The number of ketones is 1. The maximum absolute atomic E-state index is 12.8. The smallest absolute Gasteiger partial charge is 0.322 e. The number of halogens is 2. The van der Waals surface area contributed by atoms with Gasteiger partial charge in [-0.15, -0.1) is 0 Å².